The molecule has 49 heavy (non-hydrogen) atoms. The minimum atomic E-state index is -0.386. The first-order chi connectivity index (χ1) is 23.5. The number of likely N-dealkylation sites (N-methyl/N-ethyl adjacent to an activating group) is 1. The molecule has 2 aliphatic rings. The number of nitrogens with one attached hydrogen (secondary N) is 4. The van der Waals surface area contributed by atoms with E-state index in [1.54, 1.807) is 35.2 Å². The summed E-state index contributed by atoms with van der Waals surface area (Å²) < 4.78 is 9.94. The number of fused-ring (bicyclic) bond motifs is 1. The number of ether oxygens (including phenoxy) is 1. The van der Waals surface area contributed by atoms with E-state index in [0.29, 0.717) is 41.8 Å². The molecule has 1 aliphatic carbocycles. The van der Waals surface area contributed by atoms with E-state index >= 15 is 0 Å². The summed E-state index contributed by atoms with van der Waals surface area (Å²) in [5.74, 6) is 1.30. The van der Waals surface area contributed by atoms with Gasteiger partial charge in [0.1, 0.15) is 28.9 Å². The summed E-state index contributed by atoms with van der Waals surface area (Å²) in [6, 6.07) is 11.1. The Labute approximate surface area is 288 Å². The van der Waals surface area contributed by atoms with Gasteiger partial charge in [-0.1, -0.05) is 38.1 Å². The minimum Gasteiger partial charge on any atom is -0.484 e. The van der Waals surface area contributed by atoms with Crippen molar-refractivity contribution >= 4 is 23.5 Å². The van der Waals surface area contributed by atoms with Crippen LogP contribution in [0.5, 0.6) is 5.75 Å². The average molecular weight is 670 g/mol. The monoisotopic (exact) mass is 669 g/mol. The normalized spacial score (nSPS) is 19.9. The average Bonchev–Trinajstić information content (AvgIpc) is 3.52. The Morgan fingerprint density at radius 2 is 1.92 bits per heavy atom. The third-order valence-electron chi connectivity index (χ3n) is 9.10. The van der Waals surface area contributed by atoms with Crippen LogP contribution >= 0.6 is 0 Å². The van der Waals surface area contributed by atoms with E-state index in [9.17, 15) is 4.79 Å². The largest absolute Gasteiger partial charge is 0.484 e. The highest BCUT2D eigenvalue weighted by Crippen LogP contribution is 2.38. The second-order valence-electron chi connectivity index (χ2n) is 13.5. The molecule has 0 bridgehead atoms. The number of pyridine rings is 1. The van der Waals surface area contributed by atoms with Crippen LogP contribution in [0.15, 0.2) is 71.8 Å². The molecular weight excluding hydrogens is 618 g/mol. The van der Waals surface area contributed by atoms with Gasteiger partial charge in [-0.25, -0.2) is 9.79 Å². The second kappa shape index (κ2) is 16.0. The van der Waals surface area contributed by atoms with Crippen molar-refractivity contribution in [3.05, 3.63) is 83.4 Å². The lowest BCUT2D eigenvalue weighted by atomic mass is 9.85. The smallest absolute Gasteiger partial charge is 0.320 e. The predicted molar refractivity (Wildman–Crippen MR) is 192 cm³/mol. The summed E-state index contributed by atoms with van der Waals surface area (Å²) in [6.07, 6.45) is 11.3. The molecular formula is C36H51N11O2. The van der Waals surface area contributed by atoms with Crippen LogP contribution in [-0.2, 0) is 6.54 Å². The molecule has 5 rings (SSSR count). The zero-order valence-corrected chi connectivity index (χ0v) is 29.3. The maximum absolute atomic E-state index is 13.4. The number of piperidine rings is 1. The van der Waals surface area contributed by atoms with Crippen molar-refractivity contribution in [2.45, 2.75) is 77.6 Å². The van der Waals surface area contributed by atoms with Gasteiger partial charge in [-0.3, -0.25) is 25.4 Å². The van der Waals surface area contributed by atoms with E-state index in [1.165, 1.54) is 0 Å². The number of aromatic nitrogens is 3. The van der Waals surface area contributed by atoms with Crippen molar-refractivity contribution < 1.29 is 9.53 Å². The van der Waals surface area contributed by atoms with E-state index in [2.05, 4.69) is 37.4 Å². The molecule has 1 fully saturated rings. The lowest BCUT2D eigenvalue weighted by Crippen LogP contribution is -2.47. The standard InChI is InChI=1S/C36H51N11O2/c1-24(2)30(37)20-34(41-26-21-40-45(22-26)19-18-44(4)5)43-36(48)42-31-14-15-32(29-12-7-6-11-28(29)31)49-27-13-16-33(38)47(23-27)35(39)46-17-9-8-10-25(46)3/h6-7,11-13,16,20-25,31-32,38-39H,8-10,14-15,17-19,37H2,1-5H3,(H2,41,42,43,48)/t25-,31-,32+/m0/s1. The first kappa shape index (κ1) is 35.4. The quantitative estimate of drug-likeness (QED) is 0.161. The summed E-state index contributed by atoms with van der Waals surface area (Å²) in [4.78, 5) is 22.2. The van der Waals surface area contributed by atoms with Crippen LogP contribution in [0, 0.1) is 16.7 Å². The van der Waals surface area contributed by atoms with Gasteiger partial charge in [-0.15, -0.1) is 0 Å². The number of allylic oxidation sites excluding steroid dienone is 1. The van der Waals surface area contributed by atoms with Crippen LogP contribution in [0.25, 0.3) is 0 Å². The molecule has 0 saturated carbocycles. The van der Waals surface area contributed by atoms with E-state index < -0.39 is 0 Å². The lowest BCUT2D eigenvalue weighted by molar-refractivity contribution is 0.170. The van der Waals surface area contributed by atoms with E-state index in [1.807, 2.05) is 63.1 Å². The Morgan fingerprint density at radius 1 is 1.14 bits per heavy atom. The number of amidine groups is 1. The fourth-order valence-electron chi connectivity index (χ4n) is 6.17. The summed E-state index contributed by atoms with van der Waals surface area (Å²) in [6.45, 7) is 8.48. The highest BCUT2D eigenvalue weighted by molar-refractivity contribution is 6.05. The van der Waals surface area contributed by atoms with Crippen molar-refractivity contribution in [1.82, 2.24) is 34.8 Å². The van der Waals surface area contributed by atoms with Crippen molar-refractivity contribution in [2.75, 3.05) is 27.2 Å². The maximum atomic E-state index is 13.4. The number of likely N-dealkylation sites (tertiary alicyclic amines) is 1. The Morgan fingerprint density at radius 3 is 2.65 bits per heavy atom. The highest BCUT2D eigenvalue weighted by Gasteiger charge is 2.30. The molecule has 3 aromatic rings. The molecule has 3 atom stereocenters. The molecule has 13 nitrogen and oxygen atoms in total. The molecule has 1 aliphatic heterocycles. The SMILES string of the molecule is CC(C)C(N)=CC(=Nc1cnn(CCN(C)C)c1)NC(=O)N[C@H]1CC[C@@H](Oc2ccc(=N)n(C(=N)N3CCCC[C@@H]3C)c2)c2ccccc21. The maximum Gasteiger partial charge on any atom is 0.320 e. The second-order valence-corrected chi connectivity index (χ2v) is 13.5. The van der Waals surface area contributed by atoms with Crippen LogP contribution < -0.4 is 26.6 Å². The number of hydrogen-bond donors (Lipinski definition) is 5. The molecule has 13 heteroatoms. The highest BCUT2D eigenvalue weighted by atomic mass is 16.5. The van der Waals surface area contributed by atoms with Crippen LogP contribution in [0.2, 0.25) is 0 Å². The fourth-order valence-corrected chi connectivity index (χ4v) is 6.17. The van der Waals surface area contributed by atoms with E-state index in [-0.39, 0.29) is 35.6 Å². The molecule has 2 aromatic heterocycles. The number of hydrogen-bond acceptors (Lipinski definition) is 8. The van der Waals surface area contributed by atoms with Crippen LogP contribution in [0.3, 0.4) is 0 Å². The van der Waals surface area contributed by atoms with Crippen LogP contribution in [0.1, 0.15) is 76.1 Å². The summed E-state index contributed by atoms with van der Waals surface area (Å²) >= 11 is 0. The van der Waals surface area contributed by atoms with Gasteiger partial charge in [-0.2, -0.15) is 5.10 Å². The zero-order valence-electron chi connectivity index (χ0n) is 29.3. The number of nitrogens with zero attached hydrogens (tertiary/aromatic N) is 6. The van der Waals surface area contributed by atoms with Crippen molar-refractivity contribution in [2.24, 2.45) is 16.6 Å². The summed E-state index contributed by atoms with van der Waals surface area (Å²) in [5, 5.41) is 27.8. The molecule has 262 valence electrons. The molecule has 3 heterocycles. The van der Waals surface area contributed by atoms with Crippen LogP contribution in [0.4, 0.5) is 10.5 Å². The number of carbonyl (C=O) groups is 1. The number of nitrogens with two attached hydrogens (primary N) is 1. The van der Waals surface area contributed by atoms with Crippen molar-refractivity contribution in [3.63, 3.8) is 0 Å². The van der Waals surface area contributed by atoms with E-state index in [4.69, 9.17) is 21.3 Å². The van der Waals surface area contributed by atoms with Gasteiger partial charge in [0, 0.05) is 24.8 Å². The first-order valence-corrected chi connectivity index (χ1v) is 17.2. The summed E-state index contributed by atoms with van der Waals surface area (Å²) in [5.41, 5.74) is 9.70. The van der Waals surface area contributed by atoms with Gasteiger partial charge in [0.05, 0.1) is 31.2 Å². The topological polar surface area (TPSA) is 166 Å². The van der Waals surface area contributed by atoms with Crippen molar-refractivity contribution in [3.8, 4) is 5.75 Å². The van der Waals surface area contributed by atoms with Gasteiger partial charge >= 0.3 is 6.03 Å². The number of benzene rings is 1. The molecule has 0 radical (unpaired) electrons. The number of aliphatic imine (C=N–C) groups is 1. The zero-order chi connectivity index (χ0) is 35.1. The number of rotatable bonds is 9. The Bertz CT molecular complexity index is 1740. The number of urea groups is 1. The summed E-state index contributed by atoms with van der Waals surface area (Å²) in [7, 11) is 4.02. The van der Waals surface area contributed by atoms with Crippen LogP contribution in [-0.4, -0.2) is 75.2 Å². The number of carbonyl (C=O) groups excluding carboxylic acids is 1. The Hall–Kier alpha value is -4.91. The Kier molecular flexibility index (Phi) is 11.6. The molecule has 0 unspecified atom stereocenters. The van der Waals surface area contributed by atoms with E-state index in [0.717, 1.165) is 50.0 Å². The van der Waals surface area contributed by atoms with Gasteiger partial charge in [0.2, 0.25) is 5.96 Å². The van der Waals surface area contributed by atoms with Gasteiger partial charge in [0.15, 0.2) is 0 Å². The molecule has 6 N–H and O–H groups in total. The fraction of sp³-hybridized carbons (Fsp3) is 0.472. The molecule has 0 spiro atoms. The lowest BCUT2D eigenvalue weighted by Gasteiger charge is -2.36. The minimum absolute atomic E-state index is 0.0748. The van der Waals surface area contributed by atoms with Gasteiger partial charge in [0.25, 0.3) is 0 Å². The van der Waals surface area contributed by atoms with Crippen molar-refractivity contribution in [1.29, 1.82) is 10.8 Å². The molecule has 2 amide bonds. The first-order valence-electron chi connectivity index (χ1n) is 17.2. The number of amides is 2. The molecule has 1 aromatic carbocycles. The predicted octanol–water partition coefficient (Wildman–Crippen LogP) is 4.87. The Balaban J connectivity index is 1.29. The van der Waals surface area contributed by atoms with Gasteiger partial charge in [-0.05, 0) is 88.4 Å². The third-order valence-corrected chi connectivity index (χ3v) is 9.10. The van der Waals surface area contributed by atoms with Gasteiger partial charge < -0.3 is 25.6 Å². The molecule has 1 saturated heterocycles. The third kappa shape index (κ3) is 9.17.